The summed E-state index contributed by atoms with van der Waals surface area (Å²) in [5.41, 5.74) is 1.18. The summed E-state index contributed by atoms with van der Waals surface area (Å²) >= 11 is 0. The fraction of sp³-hybridized carbons (Fsp3) is 0.375. The second-order valence-electron chi connectivity index (χ2n) is 5.15. The van der Waals surface area contributed by atoms with Gasteiger partial charge in [-0.3, -0.25) is 0 Å². The Labute approximate surface area is 112 Å². The van der Waals surface area contributed by atoms with E-state index in [1.165, 1.54) is 18.4 Å². The van der Waals surface area contributed by atoms with Gasteiger partial charge in [-0.25, -0.2) is 4.39 Å². The van der Waals surface area contributed by atoms with Crippen LogP contribution in [0.3, 0.4) is 0 Å². The monoisotopic (exact) mass is 259 g/mol. The molecule has 1 N–H and O–H groups in total. The molecule has 1 heterocycles. The molecule has 100 valence electrons. The normalized spacial score (nSPS) is 16.5. The quantitative estimate of drug-likeness (QED) is 0.855. The smallest absolute Gasteiger partial charge is 0.123 e. The van der Waals surface area contributed by atoms with Gasteiger partial charge in [0.1, 0.15) is 11.6 Å². The van der Waals surface area contributed by atoms with Crippen molar-refractivity contribution in [2.75, 3.05) is 6.54 Å². The van der Waals surface area contributed by atoms with Crippen LogP contribution in [-0.2, 0) is 6.42 Å². The first-order valence-electron chi connectivity index (χ1n) is 6.84. The molecule has 0 bridgehead atoms. The molecule has 3 rings (SSSR count). The number of furan rings is 1. The first kappa shape index (κ1) is 12.4. The summed E-state index contributed by atoms with van der Waals surface area (Å²) < 4.78 is 18.3. The Kier molecular flexibility index (Phi) is 3.65. The van der Waals surface area contributed by atoms with Gasteiger partial charge in [-0.1, -0.05) is 12.1 Å². The second-order valence-corrected chi connectivity index (χ2v) is 5.15. The van der Waals surface area contributed by atoms with Crippen molar-refractivity contribution < 1.29 is 8.81 Å². The number of halogens is 1. The zero-order chi connectivity index (χ0) is 13.1. The molecule has 1 unspecified atom stereocenters. The molecule has 1 aromatic heterocycles. The van der Waals surface area contributed by atoms with Crippen molar-refractivity contribution in [1.29, 1.82) is 0 Å². The van der Waals surface area contributed by atoms with Gasteiger partial charge >= 0.3 is 0 Å². The van der Waals surface area contributed by atoms with E-state index in [0.29, 0.717) is 12.0 Å². The molecule has 19 heavy (non-hydrogen) atoms. The lowest BCUT2D eigenvalue weighted by atomic mass is 10.0. The molecule has 1 atom stereocenters. The standard InChI is InChI=1S/C16H18FNO/c17-14-7-5-13(6-8-14)16(12-3-4-12)18-10-9-15-2-1-11-19-15/h1-2,5-8,11-12,16,18H,3-4,9-10H2. The number of benzene rings is 1. The number of hydrogen-bond donors (Lipinski definition) is 1. The van der Waals surface area contributed by atoms with Crippen LogP contribution < -0.4 is 5.32 Å². The third-order valence-electron chi connectivity index (χ3n) is 3.64. The fourth-order valence-electron chi connectivity index (χ4n) is 2.46. The largest absolute Gasteiger partial charge is 0.469 e. The molecule has 0 amide bonds. The number of hydrogen-bond acceptors (Lipinski definition) is 2. The highest BCUT2D eigenvalue weighted by Crippen LogP contribution is 2.40. The van der Waals surface area contributed by atoms with Crippen LogP contribution >= 0.6 is 0 Å². The minimum atomic E-state index is -0.172. The maximum atomic E-state index is 13.0. The van der Waals surface area contributed by atoms with Gasteiger partial charge in [0.25, 0.3) is 0 Å². The first-order chi connectivity index (χ1) is 9.33. The molecule has 1 saturated carbocycles. The van der Waals surface area contributed by atoms with E-state index in [2.05, 4.69) is 5.32 Å². The van der Waals surface area contributed by atoms with Crippen molar-refractivity contribution in [2.24, 2.45) is 5.92 Å². The molecule has 0 spiro atoms. The zero-order valence-corrected chi connectivity index (χ0v) is 10.8. The van der Waals surface area contributed by atoms with Gasteiger partial charge in [-0.05, 0) is 48.6 Å². The molecule has 0 saturated heterocycles. The zero-order valence-electron chi connectivity index (χ0n) is 10.8. The lowest BCUT2D eigenvalue weighted by Crippen LogP contribution is -2.25. The molecule has 3 heteroatoms. The van der Waals surface area contributed by atoms with Crippen LogP contribution in [0.2, 0.25) is 0 Å². The maximum Gasteiger partial charge on any atom is 0.123 e. The molecule has 1 aromatic carbocycles. The minimum absolute atomic E-state index is 0.172. The highest BCUT2D eigenvalue weighted by molar-refractivity contribution is 5.22. The SMILES string of the molecule is Fc1ccc(C(NCCc2ccco2)C2CC2)cc1. The summed E-state index contributed by atoms with van der Waals surface area (Å²) in [7, 11) is 0. The summed E-state index contributed by atoms with van der Waals surface area (Å²) in [6.45, 7) is 0.881. The van der Waals surface area contributed by atoms with Crippen LogP contribution in [0.5, 0.6) is 0 Å². The Balaban J connectivity index is 1.60. The van der Waals surface area contributed by atoms with Gasteiger partial charge in [0.15, 0.2) is 0 Å². The van der Waals surface area contributed by atoms with E-state index in [1.54, 1.807) is 18.4 Å². The third kappa shape index (κ3) is 3.24. The van der Waals surface area contributed by atoms with Gasteiger partial charge in [-0.2, -0.15) is 0 Å². The Morgan fingerprint density at radius 1 is 1.21 bits per heavy atom. The highest BCUT2D eigenvalue weighted by atomic mass is 19.1. The molecule has 1 aliphatic rings. The van der Waals surface area contributed by atoms with Crippen molar-refractivity contribution in [2.45, 2.75) is 25.3 Å². The number of nitrogens with one attached hydrogen (secondary N) is 1. The van der Waals surface area contributed by atoms with E-state index < -0.39 is 0 Å². The minimum Gasteiger partial charge on any atom is -0.469 e. The van der Waals surface area contributed by atoms with E-state index in [-0.39, 0.29) is 5.82 Å². The fourth-order valence-corrected chi connectivity index (χ4v) is 2.46. The van der Waals surface area contributed by atoms with Crippen LogP contribution in [-0.4, -0.2) is 6.54 Å². The molecule has 1 fully saturated rings. The van der Waals surface area contributed by atoms with Gasteiger partial charge in [-0.15, -0.1) is 0 Å². The van der Waals surface area contributed by atoms with Crippen molar-refractivity contribution in [1.82, 2.24) is 5.32 Å². The van der Waals surface area contributed by atoms with Crippen LogP contribution in [0.4, 0.5) is 4.39 Å². The van der Waals surface area contributed by atoms with Crippen molar-refractivity contribution in [3.8, 4) is 0 Å². The van der Waals surface area contributed by atoms with Crippen LogP contribution in [0.1, 0.15) is 30.2 Å². The number of rotatable bonds is 6. The Hall–Kier alpha value is -1.61. The molecule has 0 aliphatic heterocycles. The van der Waals surface area contributed by atoms with Gasteiger partial charge in [0.05, 0.1) is 6.26 Å². The molecule has 2 nitrogen and oxygen atoms in total. The van der Waals surface area contributed by atoms with E-state index in [4.69, 9.17) is 4.42 Å². The van der Waals surface area contributed by atoms with Crippen molar-refractivity contribution in [3.63, 3.8) is 0 Å². The maximum absolute atomic E-state index is 13.0. The molecule has 1 aliphatic carbocycles. The van der Waals surface area contributed by atoms with E-state index >= 15 is 0 Å². The average molecular weight is 259 g/mol. The predicted molar refractivity (Wildman–Crippen MR) is 72.3 cm³/mol. The van der Waals surface area contributed by atoms with Crippen molar-refractivity contribution in [3.05, 3.63) is 59.8 Å². The summed E-state index contributed by atoms with van der Waals surface area (Å²) in [6.07, 6.45) is 5.11. The van der Waals surface area contributed by atoms with Crippen LogP contribution in [0.15, 0.2) is 47.1 Å². The summed E-state index contributed by atoms with van der Waals surface area (Å²) in [5.74, 6) is 1.53. The topological polar surface area (TPSA) is 25.2 Å². The molecular weight excluding hydrogens is 241 g/mol. The summed E-state index contributed by atoms with van der Waals surface area (Å²) in [6, 6.07) is 11.1. The molecule has 2 aromatic rings. The van der Waals surface area contributed by atoms with Crippen LogP contribution in [0, 0.1) is 11.7 Å². The lowest BCUT2D eigenvalue weighted by molar-refractivity contribution is 0.453. The Bertz CT molecular complexity index is 502. The second kappa shape index (κ2) is 5.57. The van der Waals surface area contributed by atoms with Crippen LogP contribution in [0.25, 0.3) is 0 Å². The summed E-state index contributed by atoms with van der Waals surface area (Å²) in [4.78, 5) is 0. The average Bonchev–Trinajstić information content (AvgIpc) is 3.13. The molecule has 0 radical (unpaired) electrons. The Morgan fingerprint density at radius 3 is 2.63 bits per heavy atom. The Morgan fingerprint density at radius 2 is 2.00 bits per heavy atom. The summed E-state index contributed by atoms with van der Waals surface area (Å²) in [5, 5.41) is 3.57. The van der Waals surface area contributed by atoms with Gasteiger partial charge < -0.3 is 9.73 Å². The van der Waals surface area contributed by atoms with Gasteiger partial charge in [0, 0.05) is 19.0 Å². The predicted octanol–water partition coefficient (Wildman–Crippen LogP) is 3.70. The van der Waals surface area contributed by atoms with E-state index in [1.807, 2.05) is 24.3 Å². The van der Waals surface area contributed by atoms with E-state index in [0.717, 1.165) is 18.7 Å². The first-order valence-corrected chi connectivity index (χ1v) is 6.84. The third-order valence-corrected chi connectivity index (χ3v) is 3.64. The van der Waals surface area contributed by atoms with Gasteiger partial charge in [0.2, 0.25) is 0 Å². The molecular formula is C16H18FNO. The highest BCUT2D eigenvalue weighted by Gasteiger charge is 2.31. The lowest BCUT2D eigenvalue weighted by Gasteiger charge is -2.18. The van der Waals surface area contributed by atoms with E-state index in [9.17, 15) is 4.39 Å². The van der Waals surface area contributed by atoms with Crippen molar-refractivity contribution >= 4 is 0 Å².